The molecule has 0 bridgehead atoms. The van der Waals surface area contributed by atoms with Gasteiger partial charge in [-0.25, -0.2) is 15.0 Å². The molecule has 0 aliphatic heterocycles. The topological polar surface area (TPSA) is 56.7 Å². The second-order valence-corrected chi connectivity index (χ2v) is 16.0. The highest BCUT2D eigenvalue weighted by atomic mass is 32.1. The molecule has 0 atom stereocenters. The summed E-state index contributed by atoms with van der Waals surface area (Å²) in [5.74, 6) is 0.819. The Balaban J connectivity index is 1.05. The minimum Gasteiger partial charge on any atom is -0.456 e. The molecule has 0 N–H and O–H groups in total. The summed E-state index contributed by atoms with van der Waals surface area (Å²) >= 11 is 1.66. The quantitative estimate of drug-likeness (QED) is 0.167. The number of hydrogen-bond acceptors (Lipinski definition) is 5. The summed E-state index contributed by atoms with van der Waals surface area (Å²) in [6, 6.07) is 33.1. The Kier molecular flexibility index (Phi) is 5.62. The molecule has 0 radical (unpaired) electrons. The van der Waals surface area contributed by atoms with Crippen LogP contribution in [-0.4, -0.2) is 19.5 Å². The molecule has 0 saturated carbocycles. The van der Waals surface area contributed by atoms with Crippen molar-refractivity contribution in [2.45, 2.75) is 0 Å². The fourth-order valence-electron chi connectivity index (χ4n) is 8.42. The van der Waals surface area contributed by atoms with E-state index >= 15 is 0 Å². The van der Waals surface area contributed by atoms with Gasteiger partial charge in [-0.1, -0.05) is 151 Å². The van der Waals surface area contributed by atoms with Crippen molar-refractivity contribution in [2.75, 3.05) is 0 Å². The summed E-state index contributed by atoms with van der Waals surface area (Å²) < 4.78 is 128. The maximum absolute atomic E-state index is 9.78. The number of fused-ring (bicyclic) bond motifs is 9. The Morgan fingerprint density at radius 3 is 2.08 bits per heavy atom. The predicted molar refractivity (Wildman–Crippen MR) is 262 cm³/mol. The Hall–Kier alpha value is -8.19. The van der Waals surface area contributed by atoms with E-state index in [1.165, 1.54) is 22.8 Å². The summed E-state index contributed by atoms with van der Waals surface area (Å²) in [6.07, 6.45) is 0. The summed E-state index contributed by atoms with van der Waals surface area (Å²) in [5, 5.41) is 2.21. The molecule has 4 aromatic heterocycles. The largest absolute Gasteiger partial charge is 0.456 e. The molecule has 6 heteroatoms. The van der Waals surface area contributed by atoms with Crippen LogP contribution in [0.5, 0.6) is 0 Å². The van der Waals surface area contributed by atoms with Gasteiger partial charge in [-0.05, 0) is 76.7 Å². The molecule has 0 unspecified atom stereocenters. The van der Waals surface area contributed by atoms with Crippen LogP contribution in [0, 0.1) is 0 Å². The molecule has 4 heterocycles. The van der Waals surface area contributed by atoms with Crippen LogP contribution in [0.1, 0.15) is 17.8 Å². The van der Waals surface area contributed by atoms with Crippen LogP contribution in [0.15, 0.2) is 210 Å². The van der Waals surface area contributed by atoms with Gasteiger partial charge >= 0.3 is 0 Å². The van der Waals surface area contributed by atoms with E-state index in [-0.39, 0.29) is 96.1 Å². The Bertz CT molecular complexity index is 4690. The molecule has 0 amide bonds. The highest BCUT2D eigenvalue weighted by Crippen LogP contribution is 2.43. The molecule has 0 spiro atoms. The monoisotopic (exact) mass is 835 g/mol. The van der Waals surface area contributed by atoms with Crippen LogP contribution in [0.2, 0.25) is 0 Å². The number of rotatable bonds is 6. The summed E-state index contributed by atoms with van der Waals surface area (Å²) in [6.45, 7) is 0. The number of para-hydroxylation sites is 1. The van der Waals surface area contributed by atoms with Crippen molar-refractivity contribution in [3.05, 3.63) is 206 Å². The highest BCUT2D eigenvalue weighted by Gasteiger charge is 2.20. The number of furan rings is 1. The first-order chi connectivity index (χ1) is 36.6. The third kappa shape index (κ3) is 5.80. The van der Waals surface area contributed by atoms with Crippen LogP contribution in [0.25, 0.3) is 126 Å². The minimum absolute atomic E-state index is 0.0403. The summed E-state index contributed by atoms with van der Waals surface area (Å²) in [7, 11) is 0. The second-order valence-electron chi connectivity index (χ2n) is 14.9. The number of benzene rings is 9. The molecule has 0 aliphatic carbocycles. The number of hydrogen-bond donors (Lipinski definition) is 0. The average Bonchev–Trinajstić information content (AvgIpc) is 4.33. The molecule has 0 saturated heterocycles. The molecular weight excluding hydrogens is 789 g/mol. The molecule has 9 aromatic carbocycles. The third-order valence-electron chi connectivity index (χ3n) is 11.3. The third-order valence-corrected chi connectivity index (χ3v) is 12.4. The lowest BCUT2D eigenvalue weighted by atomic mass is 9.99. The predicted octanol–water partition coefficient (Wildman–Crippen LogP) is 15.6. The number of nitrogens with zero attached hydrogens (tertiary/aromatic N) is 4. The van der Waals surface area contributed by atoms with Gasteiger partial charge in [-0.15, -0.1) is 11.3 Å². The molecule has 5 nitrogen and oxygen atoms in total. The van der Waals surface area contributed by atoms with Crippen molar-refractivity contribution in [1.29, 1.82) is 0 Å². The van der Waals surface area contributed by atoms with Gasteiger partial charge in [0.1, 0.15) is 11.2 Å². The molecule has 0 fully saturated rings. The lowest BCUT2D eigenvalue weighted by molar-refractivity contribution is 0.669. The van der Waals surface area contributed by atoms with E-state index in [1.807, 2.05) is 54.6 Å². The second kappa shape index (κ2) is 14.2. The molecule has 0 aliphatic rings. The molecule has 13 rings (SSSR count). The average molecular weight is 836 g/mol. The minimum atomic E-state index is -0.642. The standard InChI is InChI=1S/C57H34N4OS/c1-4-14-35(15-5-1)38-28-31-47-45(32-38)42-20-10-11-22-46(42)61(47)48-23-13-24-49-54(48)43-29-26-39(33-50(43)62-49)56-58-55(37-18-8-3-9-19-37)59-57(60-56)40-27-30-44-52(34-40)63-51-25-12-21-41(53(44)51)36-16-6-2-7-17-36/h1-34H/i4D,10D,11D,13D,14D,15D,20D,22D,23D,24D,28D,32D,33D. The fourth-order valence-corrected chi connectivity index (χ4v) is 9.59. The van der Waals surface area contributed by atoms with Crippen molar-refractivity contribution in [3.63, 3.8) is 0 Å². The zero-order chi connectivity index (χ0) is 52.7. The first-order valence-corrected chi connectivity index (χ1v) is 20.8. The van der Waals surface area contributed by atoms with Crippen LogP contribution >= 0.6 is 11.3 Å². The van der Waals surface area contributed by atoms with Crippen LogP contribution in [-0.2, 0) is 0 Å². The lowest BCUT2D eigenvalue weighted by Crippen LogP contribution is -2.00. The molecular formula is C57H34N4OS. The number of aromatic nitrogens is 4. The van der Waals surface area contributed by atoms with Gasteiger partial charge in [0.15, 0.2) is 17.5 Å². The first kappa shape index (κ1) is 24.9. The molecule has 13 aromatic rings. The van der Waals surface area contributed by atoms with E-state index in [9.17, 15) is 8.22 Å². The lowest BCUT2D eigenvalue weighted by Gasteiger charge is -2.10. The van der Waals surface area contributed by atoms with Gasteiger partial charge in [0.25, 0.3) is 0 Å². The first-order valence-electron chi connectivity index (χ1n) is 26.5. The maximum Gasteiger partial charge on any atom is 0.164 e. The van der Waals surface area contributed by atoms with E-state index < -0.39 is 54.4 Å². The van der Waals surface area contributed by atoms with Gasteiger partial charge in [-0.3, -0.25) is 0 Å². The van der Waals surface area contributed by atoms with Crippen LogP contribution in [0.4, 0.5) is 0 Å². The van der Waals surface area contributed by atoms with Crippen molar-refractivity contribution >= 4 is 75.3 Å². The van der Waals surface area contributed by atoms with E-state index in [1.54, 1.807) is 23.5 Å². The van der Waals surface area contributed by atoms with Crippen LogP contribution < -0.4 is 0 Å². The SMILES string of the molecule is [2H]c1ccc([2H])c(-c2c([2H])cc3c(c2[2H])c2c([2H])c([2H])c([2H])c([2H])c2n3-c2c([2H])c([2H])c([2H])c3oc4c([2H])c(-c5nc(-c6ccccc6)nc(-c6ccc7c(c6)sc6cccc(-c8ccccc8)c67)n5)ccc4c23)c1[2H]. The Morgan fingerprint density at radius 2 is 1.21 bits per heavy atom. The smallest absolute Gasteiger partial charge is 0.164 e. The van der Waals surface area contributed by atoms with Gasteiger partial charge in [0.05, 0.1) is 39.9 Å². The van der Waals surface area contributed by atoms with E-state index in [0.29, 0.717) is 22.8 Å². The van der Waals surface area contributed by atoms with Gasteiger partial charge in [-0.2, -0.15) is 0 Å². The van der Waals surface area contributed by atoms with Crippen molar-refractivity contribution in [3.8, 4) is 62.1 Å². The molecule has 294 valence electrons. The van der Waals surface area contributed by atoms with Gasteiger partial charge < -0.3 is 8.98 Å². The highest BCUT2D eigenvalue weighted by molar-refractivity contribution is 7.26. The van der Waals surface area contributed by atoms with E-state index in [2.05, 4.69) is 42.5 Å². The van der Waals surface area contributed by atoms with Gasteiger partial charge in [0.2, 0.25) is 0 Å². The Labute approximate surface area is 384 Å². The summed E-state index contributed by atoms with van der Waals surface area (Å²) in [5.41, 5.74) is 2.78. The van der Waals surface area contributed by atoms with Gasteiger partial charge in [0, 0.05) is 53.0 Å². The number of thiophene rings is 1. The normalized spacial score (nSPS) is 14.7. The van der Waals surface area contributed by atoms with Crippen LogP contribution in [0.3, 0.4) is 0 Å². The molecule has 63 heavy (non-hydrogen) atoms. The van der Waals surface area contributed by atoms with E-state index in [4.69, 9.17) is 29.0 Å². The van der Waals surface area contributed by atoms with Crippen molar-refractivity contribution < 1.29 is 22.2 Å². The fraction of sp³-hybridized carbons (Fsp3) is 0. The van der Waals surface area contributed by atoms with Crippen molar-refractivity contribution in [2.24, 2.45) is 0 Å². The van der Waals surface area contributed by atoms with E-state index in [0.717, 1.165) is 31.3 Å². The maximum atomic E-state index is 9.78. The summed E-state index contributed by atoms with van der Waals surface area (Å²) in [4.78, 5) is 14.9. The van der Waals surface area contributed by atoms with Crippen molar-refractivity contribution in [1.82, 2.24) is 19.5 Å². The zero-order valence-electron chi connectivity index (χ0n) is 45.7. The zero-order valence-corrected chi connectivity index (χ0v) is 33.5. The Morgan fingerprint density at radius 1 is 0.429 bits per heavy atom.